The molecule has 3 saturated carbocycles. The number of methoxy groups -OCH3 is 1. The first kappa shape index (κ1) is 31.2. The van der Waals surface area contributed by atoms with Gasteiger partial charge in [-0.15, -0.1) is 6.61 Å². The van der Waals surface area contributed by atoms with Gasteiger partial charge in [-0.1, -0.05) is 58.8 Å². The van der Waals surface area contributed by atoms with Crippen molar-refractivity contribution in [3.05, 3.63) is 46.3 Å². The molecule has 6 atom stereocenters. The zero-order chi connectivity index (χ0) is 25.3. The predicted molar refractivity (Wildman–Crippen MR) is 139 cm³/mol. The molecule has 0 aliphatic heterocycles. The van der Waals surface area contributed by atoms with Crippen LogP contribution in [0.3, 0.4) is 0 Å². The topological polar surface area (TPSA) is 49.4 Å². The Morgan fingerprint density at radius 1 is 1.09 bits per heavy atom. The average molecular weight is 507 g/mol. The van der Waals surface area contributed by atoms with E-state index in [9.17, 15) is 4.79 Å². The average Bonchev–Trinajstić information content (AvgIpc) is 2.80. The Morgan fingerprint density at radius 2 is 1.74 bits per heavy atom. The van der Waals surface area contributed by atoms with Gasteiger partial charge in [0.2, 0.25) is 0 Å². The summed E-state index contributed by atoms with van der Waals surface area (Å²) in [5.41, 5.74) is 5.77. The minimum absolute atomic E-state index is 0. The first-order valence-electron chi connectivity index (χ1n) is 13.4. The Balaban J connectivity index is 0.00000103. The van der Waals surface area contributed by atoms with Gasteiger partial charge in [-0.05, 0) is 104 Å². The SMILES string of the molecule is CC[O-].CO/C(C)=C(\C)C1=CC=C2C(C)(CCC3C4CC(C)CCC4(C)CCC23C)/C1=C/C=O.[K+]. The van der Waals surface area contributed by atoms with Crippen molar-refractivity contribution in [3.8, 4) is 0 Å². The van der Waals surface area contributed by atoms with Gasteiger partial charge in [0.25, 0.3) is 0 Å². The van der Waals surface area contributed by atoms with Crippen LogP contribution < -0.4 is 56.5 Å². The normalized spacial score (nSPS) is 39.7. The van der Waals surface area contributed by atoms with Gasteiger partial charge in [-0.2, -0.15) is 0 Å². The molecule has 35 heavy (non-hydrogen) atoms. The van der Waals surface area contributed by atoms with Gasteiger partial charge >= 0.3 is 51.4 Å². The molecule has 0 aromatic carbocycles. The maximum atomic E-state index is 11.8. The monoisotopic (exact) mass is 506 g/mol. The van der Waals surface area contributed by atoms with Crippen molar-refractivity contribution < 1.29 is 66.0 Å². The molecule has 190 valence electrons. The van der Waals surface area contributed by atoms with Crippen LogP contribution >= 0.6 is 0 Å². The number of hydrogen-bond donors (Lipinski definition) is 0. The van der Waals surface area contributed by atoms with Crippen LogP contribution in [0.25, 0.3) is 0 Å². The van der Waals surface area contributed by atoms with Crippen molar-refractivity contribution in [2.45, 2.75) is 93.4 Å². The van der Waals surface area contributed by atoms with Crippen LogP contribution in [0.4, 0.5) is 0 Å². The third kappa shape index (κ3) is 5.59. The third-order valence-electron chi connectivity index (χ3n) is 10.2. The van der Waals surface area contributed by atoms with Crippen molar-refractivity contribution in [1.82, 2.24) is 0 Å². The van der Waals surface area contributed by atoms with E-state index < -0.39 is 0 Å². The summed E-state index contributed by atoms with van der Waals surface area (Å²) in [5, 5.41) is 8.93. The van der Waals surface area contributed by atoms with Gasteiger partial charge in [-0.3, -0.25) is 4.79 Å². The Labute approximate surface area is 257 Å². The first-order chi connectivity index (χ1) is 16.0. The second-order valence-corrected chi connectivity index (χ2v) is 12.1. The molecule has 6 unspecified atom stereocenters. The molecule has 0 amide bonds. The molecule has 0 aromatic heterocycles. The molecule has 3 fully saturated rings. The molecule has 0 heterocycles. The predicted octanol–water partition coefficient (Wildman–Crippen LogP) is 3.95. The number of rotatable bonds is 3. The zero-order valence-corrected chi connectivity index (χ0v) is 27.0. The van der Waals surface area contributed by atoms with E-state index in [2.05, 4.69) is 46.8 Å². The van der Waals surface area contributed by atoms with Crippen molar-refractivity contribution in [2.75, 3.05) is 13.7 Å². The molecule has 0 radical (unpaired) electrons. The number of allylic oxidation sites excluding steroid dienone is 8. The number of ether oxygens (including phenoxy) is 1. The van der Waals surface area contributed by atoms with Crippen molar-refractivity contribution in [1.29, 1.82) is 0 Å². The smallest absolute Gasteiger partial charge is 0.855 e. The van der Waals surface area contributed by atoms with Crippen molar-refractivity contribution >= 4 is 6.29 Å². The third-order valence-corrected chi connectivity index (χ3v) is 10.2. The van der Waals surface area contributed by atoms with E-state index in [1.165, 1.54) is 49.7 Å². The molecule has 0 aromatic rings. The zero-order valence-electron chi connectivity index (χ0n) is 23.9. The molecular weight excluding hydrogens is 459 g/mol. The quantitative estimate of drug-likeness (QED) is 0.252. The molecular formula is C31H47KO3. The van der Waals surface area contributed by atoms with Crippen LogP contribution in [0, 0.1) is 34.0 Å². The largest absolute Gasteiger partial charge is 1.00 e. The molecule has 0 saturated heterocycles. The Hall–Kier alpha value is 0.0264. The van der Waals surface area contributed by atoms with Gasteiger partial charge in [0, 0.05) is 5.41 Å². The summed E-state index contributed by atoms with van der Waals surface area (Å²) in [7, 11) is 1.73. The molecule has 4 aliphatic carbocycles. The Morgan fingerprint density at radius 3 is 2.34 bits per heavy atom. The Kier molecular flexibility index (Phi) is 10.9. The van der Waals surface area contributed by atoms with Crippen LogP contribution in [0.15, 0.2) is 46.3 Å². The molecule has 4 aliphatic rings. The minimum atomic E-state index is -0.0699. The van der Waals surface area contributed by atoms with E-state index in [0.29, 0.717) is 5.41 Å². The fraction of sp³-hybridized carbons (Fsp3) is 0.710. The molecule has 4 heteroatoms. The number of carbonyl (C=O) groups is 1. The maximum absolute atomic E-state index is 11.8. The summed E-state index contributed by atoms with van der Waals surface area (Å²) in [6.07, 6.45) is 16.8. The van der Waals surface area contributed by atoms with Crippen LogP contribution in [-0.2, 0) is 9.53 Å². The molecule has 4 rings (SSSR count). The fourth-order valence-electron chi connectivity index (χ4n) is 8.01. The summed E-state index contributed by atoms with van der Waals surface area (Å²) < 4.78 is 5.55. The summed E-state index contributed by atoms with van der Waals surface area (Å²) in [6, 6.07) is 0. The van der Waals surface area contributed by atoms with E-state index in [-0.39, 0.29) is 68.8 Å². The maximum Gasteiger partial charge on any atom is 1.00 e. The van der Waals surface area contributed by atoms with Gasteiger partial charge < -0.3 is 9.84 Å². The second kappa shape index (κ2) is 12.3. The van der Waals surface area contributed by atoms with Crippen molar-refractivity contribution in [3.63, 3.8) is 0 Å². The standard InChI is InChI=1S/C29H42O2.C2H5O.K/c1-19-10-13-27(4)15-16-29(6)24(25(27)18-19)11-14-28(5)23(12-17-30)22(8-9-26(28)29)20(2)21(3)31-7;1-2-3;/h8-9,12,17,19,24-25H,10-11,13-16,18H2,1-7H3;2H2,1H3;/q;-1;+1/b21-20+,23-12+;;. The fourth-order valence-corrected chi connectivity index (χ4v) is 8.01. The van der Waals surface area contributed by atoms with Crippen molar-refractivity contribution in [2.24, 2.45) is 34.0 Å². The molecule has 0 spiro atoms. The number of carbonyl (C=O) groups excluding carboxylic acids is 1. The van der Waals surface area contributed by atoms with E-state index >= 15 is 0 Å². The first-order valence-corrected chi connectivity index (χ1v) is 13.4. The van der Waals surface area contributed by atoms with Gasteiger partial charge in [0.15, 0.2) is 0 Å². The molecule has 3 nitrogen and oxygen atoms in total. The van der Waals surface area contributed by atoms with Gasteiger partial charge in [0.05, 0.1) is 12.9 Å². The Bertz CT molecular complexity index is 912. The van der Waals surface area contributed by atoms with Crippen LogP contribution in [0.1, 0.15) is 93.4 Å². The summed E-state index contributed by atoms with van der Waals surface area (Å²) in [5.74, 6) is 3.38. The van der Waals surface area contributed by atoms with E-state index in [1.807, 2.05) is 13.0 Å². The van der Waals surface area contributed by atoms with E-state index in [1.54, 1.807) is 19.6 Å². The number of hydrogen-bond acceptors (Lipinski definition) is 3. The number of aldehydes is 1. The van der Waals surface area contributed by atoms with Gasteiger partial charge in [-0.25, -0.2) is 0 Å². The van der Waals surface area contributed by atoms with Crippen LogP contribution in [0.5, 0.6) is 0 Å². The van der Waals surface area contributed by atoms with Crippen LogP contribution in [-0.4, -0.2) is 20.0 Å². The minimum Gasteiger partial charge on any atom is -0.855 e. The second-order valence-electron chi connectivity index (χ2n) is 12.1. The summed E-state index contributed by atoms with van der Waals surface area (Å²) >= 11 is 0. The molecule has 0 bridgehead atoms. The van der Waals surface area contributed by atoms with Crippen LogP contribution in [0.2, 0.25) is 0 Å². The van der Waals surface area contributed by atoms with E-state index in [0.717, 1.165) is 41.8 Å². The summed E-state index contributed by atoms with van der Waals surface area (Å²) in [4.78, 5) is 11.8. The van der Waals surface area contributed by atoms with Gasteiger partial charge in [0.1, 0.15) is 6.29 Å². The molecule has 0 N–H and O–H groups in total. The summed E-state index contributed by atoms with van der Waals surface area (Å²) in [6.45, 7) is 15.7. The number of fused-ring (bicyclic) bond motifs is 5. The van der Waals surface area contributed by atoms with E-state index in [4.69, 9.17) is 9.84 Å².